The van der Waals surface area contributed by atoms with Gasteiger partial charge in [0.25, 0.3) is 0 Å². The van der Waals surface area contributed by atoms with Gasteiger partial charge in [0.05, 0.1) is 11.6 Å². The van der Waals surface area contributed by atoms with Gasteiger partial charge in [-0.1, -0.05) is 11.2 Å². The lowest BCUT2D eigenvalue weighted by Gasteiger charge is -2.28. The van der Waals surface area contributed by atoms with E-state index in [1.807, 2.05) is 17.8 Å². The summed E-state index contributed by atoms with van der Waals surface area (Å²) in [5.74, 6) is 2.66. The summed E-state index contributed by atoms with van der Waals surface area (Å²) < 4.78 is 5.66. The molecule has 0 radical (unpaired) electrons. The average molecular weight is 394 g/mol. The molecule has 1 aromatic carbocycles. The first kappa shape index (κ1) is 17.7. The first-order chi connectivity index (χ1) is 13.7. The minimum atomic E-state index is 0.359. The fourth-order valence-electron chi connectivity index (χ4n) is 4.06. The number of aromatic nitrogens is 3. The van der Waals surface area contributed by atoms with Crippen molar-refractivity contribution >= 4 is 17.4 Å². The summed E-state index contributed by atoms with van der Waals surface area (Å²) in [6, 6.07) is 9.08. The minimum Gasteiger partial charge on any atom is -0.364 e. The van der Waals surface area contributed by atoms with Gasteiger partial charge < -0.3 is 9.42 Å². The van der Waals surface area contributed by atoms with Crippen LogP contribution in [0.2, 0.25) is 0 Å². The molecule has 7 heteroatoms. The maximum absolute atomic E-state index is 5.66. The molecule has 5 rings (SSSR count). The Morgan fingerprint density at radius 3 is 2.82 bits per heavy atom. The number of hydrogen-bond donors (Lipinski definition) is 0. The molecule has 0 spiro atoms. The molecule has 2 aliphatic rings. The van der Waals surface area contributed by atoms with E-state index in [1.54, 1.807) is 12.4 Å². The number of fused-ring (bicyclic) bond motifs is 2. The highest BCUT2D eigenvalue weighted by Crippen LogP contribution is 2.39. The van der Waals surface area contributed by atoms with E-state index in [1.165, 1.54) is 16.1 Å². The van der Waals surface area contributed by atoms with Crippen LogP contribution in [0, 0.1) is 0 Å². The fourth-order valence-corrected chi connectivity index (χ4v) is 5.05. The van der Waals surface area contributed by atoms with E-state index < -0.39 is 0 Å². The lowest BCUT2D eigenvalue weighted by Crippen LogP contribution is -2.29. The van der Waals surface area contributed by atoms with E-state index in [4.69, 9.17) is 4.52 Å². The van der Waals surface area contributed by atoms with Gasteiger partial charge in [-0.05, 0) is 37.1 Å². The van der Waals surface area contributed by atoms with Gasteiger partial charge in [-0.2, -0.15) is 0 Å². The Morgan fingerprint density at radius 1 is 1.14 bits per heavy atom. The largest absolute Gasteiger partial charge is 0.364 e. The van der Waals surface area contributed by atoms with Gasteiger partial charge in [0, 0.05) is 55.5 Å². The van der Waals surface area contributed by atoms with Crippen LogP contribution in [0.25, 0.3) is 11.5 Å². The van der Waals surface area contributed by atoms with E-state index in [0.29, 0.717) is 11.9 Å². The number of rotatable bonds is 3. The third kappa shape index (κ3) is 3.08. The molecular weight excluding hydrogens is 370 g/mol. The Hall–Kier alpha value is -2.38. The molecule has 0 saturated carbocycles. The molecule has 6 nitrogen and oxygen atoms in total. The van der Waals surface area contributed by atoms with Crippen molar-refractivity contribution in [1.29, 1.82) is 0 Å². The van der Waals surface area contributed by atoms with Gasteiger partial charge in [0.1, 0.15) is 5.76 Å². The summed E-state index contributed by atoms with van der Waals surface area (Å²) in [6.07, 6.45) is 5.26. The van der Waals surface area contributed by atoms with Crippen molar-refractivity contribution in [2.45, 2.75) is 30.7 Å². The zero-order valence-electron chi connectivity index (χ0n) is 16.1. The molecule has 0 fully saturated rings. The van der Waals surface area contributed by atoms with E-state index >= 15 is 0 Å². The molecule has 3 aromatic rings. The molecule has 0 amide bonds. The molecule has 4 heterocycles. The van der Waals surface area contributed by atoms with Crippen LogP contribution in [-0.2, 0) is 12.8 Å². The van der Waals surface area contributed by atoms with Crippen LogP contribution >= 0.6 is 11.8 Å². The van der Waals surface area contributed by atoms with Gasteiger partial charge in [-0.3, -0.25) is 4.90 Å². The Balaban J connectivity index is 1.36. The van der Waals surface area contributed by atoms with Crippen molar-refractivity contribution in [2.75, 3.05) is 30.9 Å². The van der Waals surface area contributed by atoms with Crippen LogP contribution in [0.3, 0.4) is 0 Å². The summed E-state index contributed by atoms with van der Waals surface area (Å²) in [5, 5.41) is 4.26. The second-order valence-corrected chi connectivity index (χ2v) is 8.40. The van der Waals surface area contributed by atoms with Gasteiger partial charge in [-0.25, -0.2) is 9.97 Å². The number of benzene rings is 1. The predicted octanol–water partition coefficient (Wildman–Crippen LogP) is 3.79. The molecule has 0 saturated heterocycles. The van der Waals surface area contributed by atoms with Gasteiger partial charge in [0.2, 0.25) is 0 Å². The van der Waals surface area contributed by atoms with Crippen molar-refractivity contribution < 1.29 is 4.52 Å². The van der Waals surface area contributed by atoms with Gasteiger partial charge in [-0.15, -0.1) is 11.8 Å². The van der Waals surface area contributed by atoms with Crippen LogP contribution in [0.5, 0.6) is 0 Å². The monoisotopic (exact) mass is 393 g/mol. The van der Waals surface area contributed by atoms with Crippen molar-refractivity contribution in [2.24, 2.45) is 0 Å². The van der Waals surface area contributed by atoms with Crippen molar-refractivity contribution in [3.8, 4) is 11.5 Å². The maximum atomic E-state index is 5.66. The SMILES string of the molecule is CC(c1ccc2c(c1)N(C)CS2)N1CCc2onc(-c3ncccn3)c2CC1. The minimum absolute atomic E-state index is 0.359. The Bertz CT molecular complexity index is 990. The van der Waals surface area contributed by atoms with Crippen LogP contribution in [0.4, 0.5) is 5.69 Å². The highest BCUT2D eigenvalue weighted by Gasteiger charge is 2.27. The molecule has 0 aliphatic carbocycles. The lowest BCUT2D eigenvalue weighted by atomic mass is 10.1. The Labute approximate surface area is 169 Å². The van der Waals surface area contributed by atoms with Crippen LogP contribution in [0.1, 0.15) is 29.9 Å². The molecular formula is C21H23N5OS. The molecule has 0 N–H and O–H groups in total. The number of hydrogen-bond acceptors (Lipinski definition) is 7. The molecule has 144 valence electrons. The normalized spacial score (nSPS) is 17.9. The number of nitrogens with zero attached hydrogens (tertiary/aromatic N) is 5. The summed E-state index contributed by atoms with van der Waals surface area (Å²) in [5.41, 5.74) is 4.67. The molecule has 1 atom stereocenters. The molecule has 0 bridgehead atoms. The summed E-state index contributed by atoms with van der Waals surface area (Å²) in [7, 11) is 2.16. The second kappa shape index (κ2) is 7.22. The molecule has 28 heavy (non-hydrogen) atoms. The standard InChI is InChI=1S/C21H23N5OS/c1-14(15-4-5-19-17(12-15)25(2)13-28-19)26-10-6-16-18(7-11-26)27-24-20(16)21-22-8-3-9-23-21/h3-5,8-9,12,14H,6-7,10-11,13H2,1-2H3. The molecule has 1 unspecified atom stereocenters. The van der Waals surface area contributed by atoms with Crippen molar-refractivity contribution in [3.63, 3.8) is 0 Å². The van der Waals surface area contributed by atoms with Crippen molar-refractivity contribution in [3.05, 3.63) is 53.5 Å². The van der Waals surface area contributed by atoms with E-state index in [0.717, 1.165) is 48.8 Å². The van der Waals surface area contributed by atoms with E-state index in [2.05, 4.69) is 57.1 Å². The van der Waals surface area contributed by atoms with Gasteiger partial charge >= 0.3 is 0 Å². The summed E-state index contributed by atoms with van der Waals surface area (Å²) in [4.78, 5) is 14.9. The summed E-state index contributed by atoms with van der Waals surface area (Å²) in [6.45, 7) is 4.23. The first-order valence-electron chi connectivity index (χ1n) is 9.67. The average Bonchev–Trinajstić information content (AvgIpc) is 3.25. The highest BCUT2D eigenvalue weighted by molar-refractivity contribution is 7.99. The zero-order chi connectivity index (χ0) is 19.1. The van der Waals surface area contributed by atoms with Crippen molar-refractivity contribution in [1.82, 2.24) is 20.0 Å². The van der Waals surface area contributed by atoms with Crippen LogP contribution < -0.4 is 4.90 Å². The molecule has 2 aromatic heterocycles. The second-order valence-electron chi connectivity index (χ2n) is 7.42. The van der Waals surface area contributed by atoms with Crippen LogP contribution in [0.15, 0.2) is 46.1 Å². The lowest BCUT2D eigenvalue weighted by molar-refractivity contribution is 0.216. The van der Waals surface area contributed by atoms with Crippen LogP contribution in [-0.4, -0.2) is 46.0 Å². The number of thioether (sulfide) groups is 1. The zero-order valence-corrected chi connectivity index (χ0v) is 16.9. The smallest absolute Gasteiger partial charge is 0.181 e. The predicted molar refractivity (Wildman–Crippen MR) is 110 cm³/mol. The van der Waals surface area contributed by atoms with E-state index in [-0.39, 0.29) is 0 Å². The molecule has 2 aliphatic heterocycles. The Morgan fingerprint density at radius 2 is 1.96 bits per heavy atom. The maximum Gasteiger partial charge on any atom is 0.181 e. The third-order valence-corrected chi connectivity index (χ3v) is 6.93. The van der Waals surface area contributed by atoms with Gasteiger partial charge in [0.15, 0.2) is 11.5 Å². The summed E-state index contributed by atoms with van der Waals surface area (Å²) >= 11 is 1.91. The number of anilines is 1. The third-order valence-electron chi connectivity index (χ3n) is 5.76. The Kier molecular flexibility index (Phi) is 4.56. The first-order valence-corrected chi connectivity index (χ1v) is 10.7. The topological polar surface area (TPSA) is 58.3 Å². The quantitative estimate of drug-likeness (QED) is 0.671. The fraction of sp³-hybridized carbons (Fsp3) is 0.381. The highest BCUT2D eigenvalue weighted by atomic mass is 32.2. The van der Waals surface area contributed by atoms with E-state index in [9.17, 15) is 0 Å².